The monoisotopic (exact) mass is 217 g/mol. The van der Waals surface area contributed by atoms with Gasteiger partial charge in [0.15, 0.2) is 0 Å². The van der Waals surface area contributed by atoms with Crippen LogP contribution in [0.5, 0.6) is 0 Å². The number of ether oxygens (including phenoxy) is 1. The number of esters is 1. The summed E-state index contributed by atoms with van der Waals surface area (Å²) in [5, 5.41) is 1.43. The first-order valence-electron chi connectivity index (χ1n) is 5.01. The van der Waals surface area contributed by atoms with Crippen LogP contribution in [0.2, 0.25) is 0 Å². The molecule has 0 saturated heterocycles. The first kappa shape index (κ1) is 10.4. The van der Waals surface area contributed by atoms with Crippen LogP contribution in [0.15, 0.2) is 35.3 Å². The highest BCUT2D eigenvalue weighted by Gasteiger charge is 2.15. The zero-order valence-corrected chi connectivity index (χ0v) is 8.82. The van der Waals surface area contributed by atoms with E-state index in [4.69, 9.17) is 4.74 Å². The van der Waals surface area contributed by atoms with E-state index < -0.39 is 11.5 Å². The van der Waals surface area contributed by atoms with Crippen molar-refractivity contribution < 1.29 is 9.53 Å². The van der Waals surface area contributed by atoms with Gasteiger partial charge in [0.05, 0.1) is 6.61 Å². The van der Waals surface area contributed by atoms with E-state index in [-0.39, 0.29) is 12.2 Å². The minimum absolute atomic E-state index is 0.0694. The predicted octanol–water partition coefficient (Wildman–Crippen LogP) is 1.70. The quantitative estimate of drug-likeness (QED) is 0.779. The number of hydrogen-bond acceptors (Lipinski definition) is 3. The summed E-state index contributed by atoms with van der Waals surface area (Å²) in [6, 6.07) is 7.19. The average Bonchev–Trinajstić information content (AvgIpc) is 2.29. The molecule has 16 heavy (non-hydrogen) atoms. The topological polar surface area (TPSA) is 59.2 Å². The third-order valence-corrected chi connectivity index (χ3v) is 2.30. The number of aromatic amines is 1. The average molecular weight is 217 g/mol. The number of pyridine rings is 1. The number of hydrogen-bond donors (Lipinski definition) is 1. The highest BCUT2D eigenvalue weighted by molar-refractivity contribution is 6.03. The van der Waals surface area contributed by atoms with E-state index in [1.807, 2.05) is 12.1 Å². The normalized spacial score (nSPS) is 10.3. The van der Waals surface area contributed by atoms with Crippen molar-refractivity contribution in [3.63, 3.8) is 0 Å². The molecule has 1 aromatic heterocycles. The molecule has 82 valence electrons. The van der Waals surface area contributed by atoms with Crippen LogP contribution >= 0.6 is 0 Å². The summed E-state index contributed by atoms with van der Waals surface area (Å²) in [4.78, 5) is 25.8. The van der Waals surface area contributed by atoms with Gasteiger partial charge >= 0.3 is 5.97 Å². The Hall–Kier alpha value is -2.10. The van der Waals surface area contributed by atoms with E-state index >= 15 is 0 Å². The molecule has 0 aliphatic carbocycles. The van der Waals surface area contributed by atoms with Crippen molar-refractivity contribution in [2.75, 3.05) is 6.61 Å². The van der Waals surface area contributed by atoms with Gasteiger partial charge in [-0.2, -0.15) is 0 Å². The van der Waals surface area contributed by atoms with Gasteiger partial charge in [-0.3, -0.25) is 4.79 Å². The van der Waals surface area contributed by atoms with Crippen molar-refractivity contribution in [2.45, 2.75) is 6.92 Å². The second-order valence-corrected chi connectivity index (χ2v) is 3.30. The minimum atomic E-state index is -0.583. The van der Waals surface area contributed by atoms with E-state index in [0.29, 0.717) is 5.39 Å². The van der Waals surface area contributed by atoms with Gasteiger partial charge in [0.25, 0.3) is 5.56 Å². The molecular weight excluding hydrogens is 206 g/mol. The Morgan fingerprint density at radius 2 is 2.12 bits per heavy atom. The summed E-state index contributed by atoms with van der Waals surface area (Å²) in [6.07, 6.45) is 1.58. The van der Waals surface area contributed by atoms with Crippen molar-refractivity contribution in [3.05, 3.63) is 46.4 Å². The molecule has 1 heterocycles. The van der Waals surface area contributed by atoms with Gasteiger partial charge in [-0.15, -0.1) is 0 Å². The molecular formula is C12H11NO3. The molecule has 0 unspecified atom stereocenters. The van der Waals surface area contributed by atoms with Crippen LogP contribution in [0.4, 0.5) is 0 Å². The fourth-order valence-electron chi connectivity index (χ4n) is 1.59. The summed E-state index contributed by atoms with van der Waals surface area (Å²) < 4.78 is 4.86. The molecule has 1 N–H and O–H groups in total. The number of nitrogens with one attached hydrogen (secondary N) is 1. The maximum atomic E-state index is 11.6. The van der Waals surface area contributed by atoms with Crippen molar-refractivity contribution in [1.82, 2.24) is 4.98 Å². The summed E-state index contributed by atoms with van der Waals surface area (Å²) in [5.41, 5.74) is -0.350. The Kier molecular flexibility index (Phi) is 2.72. The van der Waals surface area contributed by atoms with Gasteiger partial charge < -0.3 is 9.72 Å². The molecule has 0 saturated carbocycles. The van der Waals surface area contributed by atoms with Crippen LogP contribution in [-0.4, -0.2) is 17.6 Å². The fraction of sp³-hybridized carbons (Fsp3) is 0.167. The SMILES string of the molecule is CCOC(=O)c1c(=O)[nH]cc2ccccc12. The standard InChI is InChI=1S/C12H11NO3/c1-2-16-12(15)10-9-6-4-3-5-8(9)7-13-11(10)14/h3-7H,2H2,1H3,(H,13,14). The number of carbonyl (C=O) groups is 1. The largest absolute Gasteiger partial charge is 0.462 e. The maximum absolute atomic E-state index is 11.6. The van der Waals surface area contributed by atoms with Gasteiger partial charge in [0.1, 0.15) is 5.56 Å². The highest BCUT2D eigenvalue weighted by Crippen LogP contribution is 2.14. The fourth-order valence-corrected chi connectivity index (χ4v) is 1.59. The second kappa shape index (κ2) is 4.18. The van der Waals surface area contributed by atoms with Gasteiger partial charge in [0.2, 0.25) is 0 Å². The number of benzene rings is 1. The molecule has 0 amide bonds. The maximum Gasteiger partial charge on any atom is 0.344 e. The summed E-state index contributed by atoms with van der Waals surface area (Å²) in [5.74, 6) is -0.583. The van der Waals surface area contributed by atoms with E-state index in [0.717, 1.165) is 5.39 Å². The predicted molar refractivity (Wildman–Crippen MR) is 60.5 cm³/mol. The molecule has 0 aliphatic rings. The van der Waals surface area contributed by atoms with E-state index in [2.05, 4.69) is 4.98 Å². The van der Waals surface area contributed by atoms with E-state index in [9.17, 15) is 9.59 Å². The smallest absolute Gasteiger partial charge is 0.344 e. The molecule has 4 nitrogen and oxygen atoms in total. The number of rotatable bonds is 2. The third-order valence-electron chi connectivity index (χ3n) is 2.30. The lowest BCUT2D eigenvalue weighted by Gasteiger charge is -2.04. The lowest BCUT2D eigenvalue weighted by molar-refractivity contribution is 0.0526. The Labute approximate surface area is 91.9 Å². The third kappa shape index (κ3) is 1.69. The van der Waals surface area contributed by atoms with Crippen molar-refractivity contribution in [1.29, 1.82) is 0 Å². The number of fused-ring (bicyclic) bond motifs is 1. The molecule has 0 bridgehead atoms. The van der Waals surface area contributed by atoms with Gasteiger partial charge in [-0.1, -0.05) is 24.3 Å². The first-order valence-corrected chi connectivity index (χ1v) is 5.01. The summed E-state index contributed by atoms with van der Waals surface area (Å²) >= 11 is 0. The van der Waals surface area contributed by atoms with Gasteiger partial charge in [-0.25, -0.2) is 4.79 Å². The molecule has 0 aliphatic heterocycles. The molecule has 0 spiro atoms. The number of aromatic nitrogens is 1. The Morgan fingerprint density at radius 3 is 2.88 bits per heavy atom. The van der Waals surface area contributed by atoms with Crippen LogP contribution in [-0.2, 0) is 4.74 Å². The summed E-state index contributed by atoms with van der Waals surface area (Å²) in [6.45, 7) is 1.96. The molecule has 0 fully saturated rings. The molecule has 0 atom stereocenters. The number of carbonyl (C=O) groups excluding carboxylic acids is 1. The van der Waals surface area contributed by atoms with E-state index in [1.165, 1.54) is 0 Å². The Balaban J connectivity index is 2.71. The van der Waals surface area contributed by atoms with Crippen molar-refractivity contribution >= 4 is 16.7 Å². The van der Waals surface area contributed by atoms with Gasteiger partial charge in [-0.05, 0) is 12.3 Å². The second-order valence-electron chi connectivity index (χ2n) is 3.30. The molecule has 2 rings (SSSR count). The highest BCUT2D eigenvalue weighted by atomic mass is 16.5. The lowest BCUT2D eigenvalue weighted by atomic mass is 10.1. The van der Waals surface area contributed by atoms with E-state index in [1.54, 1.807) is 25.3 Å². The number of H-pyrrole nitrogens is 1. The van der Waals surface area contributed by atoms with Crippen molar-refractivity contribution in [3.8, 4) is 0 Å². The Morgan fingerprint density at radius 1 is 1.38 bits per heavy atom. The van der Waals surface area contributed by atoms with Crippen LogP contribution < -0.4 is 5.56 Å². The van der Waals surface area contributed by atoms with Crippen LogP contribution in [0, 0.1) is 0 Å². The molecule has 2 aromatic rings. The Bertz CT molecular complexity index is 586. The van der Waals surface area contributed by atoms with Gasteiger partial charge in [0, 0.05) is 11.6 Å². The lowest BCUT2D eigenvalue weighted by Crippen LogP contribution is -2.19. The molecule has 1 aromatic carbocycles. The van der Waals surface area contributed by atoms with Crippen LogP contribution in [0.1, 0.15) is 17.3 Å². The summed E-state index contributed by atoms with van der Waals surface area (Å²) in [7, 11) is 0. The minimum Gasteiger partial charge on any atom is -0.462 e. The van der Waals surface area contributed by atoms with Crippen molar-refractivity contribution in [2.24, 2.45) is 0 Å². The molecule has 0 radical (unpaired) electrons. The zero-order chi connectivity index (χ0) is 11.5. The first-order chi connectivity index (χ1) is 7.74. The molecule has 4 heteroatoms. The van der Waals surface area contributed by atoms with Crippen LogP contribution in [0.25, 0.3) is 10.8 Å². The van der Waals surface area contributed by atoms with Crippen LogP contribution in [0.3, 0.4) is 0 Å². The zero-order valence-electron chi connectivity index (χ0n) is 8.82.